The lowest BCUT2D eigenvalue weighted by Crippen LogP contribution is -2.20. The Kier molecular flexibility index (Phi) is 4.81. The van der Waals surface area contributed by atoms with Crippen molar-refractivity contribution in [3.8, 4) is 5.75 Å². The maximum Gasteiger partial charge on any atom is 0.262 e. The molecule has 2 aromatic rings. The van der Waals surface area contributed by atoms with Crippen LogP contribution >= 0.6 is 27.5 Å². The Morgan fingerprint density at radius 1 is 1.40 bits per heavy atom. The van der Waals surface area contributed by atoms with Crippen LogP contribution in [0.3, 0.4) is 0 Å². The number of nitrogens with two attached hydrogens (primary N) is 1. The van der Waals surface area contributed by atoms with E-state index in [9.17, 15) is 4.79 Å². The van der Waals surface area contributed by atoms with Crippen LogP contribution < -0.4 is 15.8 Å². The molecular formula is C13H11BrClN3O2. The number of benzene rings is 1. The summed E-state index contributed by atoms with van der Waals surface area (Å²) in [5, 5.41) is 3.15. The molecule has 0 saturated heterocycles. The van der Waals surface area contributed by atoms with Crippen molar-refractivity contribution in [1.29, 1.82) is 0 Å². The van der Waals surface area contributed by atoms with Crippen LogP contribution in [0, 0.1) is 0 Å². The second-order valence-electron chi connectivity index (χ2n) is 3.91. The van der Waals surface area contributed by atoms with Gasteiger partial charge in [0.15, 0.2) is 6.61 Å². The van der Waals surface area contributed by atoms with Crippen LogP contribution in [0.1, 0.15) is 0 Å². The number of nitrogens with one attached hydrogen (secondary N) is 1. The molecule has 7 heteroatoms. The third kappa shape index (κ3) is 4.11. The first-order valence-corrected chi connectivity index (χ1v) is 6.80. The minimum atomic E-state index is -0.296. The van der Waals surface area contributed by atoms with E-state index < -0.39 is 0 Å². The molecule has 0 unspecified atom stereocenters. The number of nitrogen functional groups attached to an aromatic ring is 1. The number of carbonyl (C=O) groups excluding carboxylic acids is 1. The molecule has 20 heavy (non-hydrogen) atoms. The monoisotopic (exact) mass is 355 g/mol. The average Bonchev–Trinajstić information content (AvgIpc) is 2.40. The van der Waals surface area contributed by atoms with Crippen LogP contribution in [0.5, 0.6) is 5.75 Å². The number of hydrogen-bond acceptors (Lipinski definition) is 4. The molecule has 2 rings (SSSR count). The summed E-state index contributed by atoms with van der Waals surface area (Å²) in [6.45, 7) is -0.140. The van der Waals surface area contributed by atoms with Crippen molar-refractivity contribution >= 4 is 44.8 Å². The lowest BCUT2D eigenvalue weighted by molar-refractivity contribution is -0.118. The Balaban J connectivity index is 1.92. The topological polar surface area (TPSA) is 77.2 Å². The van der Waals surface area contributed by atoms with Crippen molar-refractivity contribution in [2.75, 3.05) is 17.7 Å². The Morgan fingerprint density at radius 3 is 2.90 bits per heavy atom. The molecule has 0 radical (unpaired) electrons. The van der Waals surface area contributed by atoms with E-state index in [0.29, 0.717) is 26.6 Å². The first-order valence-electron chi connectivity index (χ1n) is 5.63. The maximum atomic E-state index is 11.8. The number of amides is 1. The largest absolute Gasteiger partial charge is 0.482 e. The highest BCUT2D eigenvalue weighted by atomic mass is 79.9. The number of hydrogen-bond donors (Lipinski definition) is 2. The van der Waals surface area contributed by atoms with Gasteiger partial charge < -0.3 is 15.8 Å². The molecule has 1 amide bonds. The van der Waals surface area contributed by atoms with E-state index >= 15 is 0 Å². The predicted octanol–water partition coefficient (Wildman–Crippen LogP) is 3.10. The average molecular weight is 357 g/mol. The fourth-order valence-electron chi connectivity index (χ4n) is 1.44. The number of halogens is 2. The number of aromatic nitrogens is 1. The molecule has 104 valence electrons. The van der Waals surface area contributed by atoms with Gasteiger partial charge in [0.05, 0.1) is 16.9 Å². The van der Waals surface area contributed by atoms with Crippen LogP contribution in [-0.4, -0.2) is 17.5 Å². The van der Waals surface area contributed by atoms with Gasteiger partial charge in [-0.3, -0.25) is 9.78 Å². The second kappa shape index (κ2) is 6.58. The molecule has 0 aliphatic carbocycles. The van der Waals surface area contributed by atoms with Crippen LogP contribution in [-0.2, 0) is 4.79 Å². The van der Waals surface area contributed by atoms with Gasteiger partial charge in [-0.2, -0.15) is 0 Å². The second-order valence-corrected chi connectivity index (χ2v) is 5.21. The number of carbonyl (C=O) groups is 1. The molecule has 0 bridgehead atoms. The van der Waals surface area contributed by atoms with Crippen molar-refractivity contribution in [3.05, 3.63) is 46.2 Å². The Morgan fingerprint density at radius 2 is 2.20 bits per heavy atom. The molecule has 0 spiro atoms. The number of anilines is 2. The number of nitrogens with zero attached hydrogens (tertiary/aromatic N) is 1. The standard InChI is InChI=1S/C13H11BrClN3O2/c14-11-4-9(16)1-2-12(11)18-13(19)7-20-10-3-8(15)5-17-6-10/h1-6H,7,16H2,(H,18,19). The van der Waals surface area contributed by atoms with Crippen molar-refractivity contribution in [2.24, 2.45) is 0 Å². The van der Waals surface area contributed by atoms with Crippen LogP contribution in [0.4, 0.5) is 11.4 Å². The fraction of sp³-hybridized carbons (Fsp3) is 0.0769. The fourth-order valence-corrected chi connectivity index (χ4v) is 2.10. The number of pyridine rings is 1. The zero-order valence-corrected chi connectivity index (χ0v) is 12.6. The minimum absolute atomic E-state index is 0.140. The van der Waals surface area contributed by atoms with E-state index in [-0.39, 0.29) is 12.5 Å². The minimum Gasteiger partial charge on any atom is -0.482 e. The molecule has 1 heterocycles. The smallest absolute Gasteiger partial charge is 0.262 e. The number of rotatable bonds is 4. The van der Waals surface area contributed by atoms with Crippen LogP contribution in [0.25, 0.3) is 0 Å². The Bertz CT molecular complexity index is 637. The molecule has 0 fully saturated rings. The van der Waals surface area contributed by atoms with Gasteiger partial charge in [-0.05, 0) is 34.1 Å². The van der Waals surface area contributed by atoms with E-state index in [1.54, 1.807) is 24.3 Å². The summed E-state index contributed by atoms with van der Waals surface area (Å²) in [7, 11) is 0. The van der Waals surface area contributed by atoms with E-state index in [1.807, 2.05) is 0 Å². The predicted molar refractivity (Wildman–Crippen MR) is 81.9 cm³/mol. The van der Waals surface area contributed by atoms with Crippen molar-refractivity contribution < 1.29 is 9.53 Å². The summed E-state index contributed by atoms with van der Waals surface area (Å²) in [4.78, 5) is 15.6. The summed E-state index contributed by atoms with van der Waals surface area (Å²) in [6.07, 6.45) is 2.97. The summed E-state index contributed by atoms with van der Waals surface area (Å²) in [5.41, 5.74) is 6.85. The third-order valence-electron chi connectivity index (χ3n) is 2.32. The van der Waals surface area contributed by atoms with Gasteiger partial charge in [0.1, 0.15) is 5.75 Å². The van der Waals surface area contributed by atoms with Crippen molar-refractivity contribution in [2.45, 2.75) is 0 Å². The first-order chi connectivity index (χ1) is 9.54. The molecule has 0 atom stereocenters. The highest BCUT2D eigenvalue weighted by Crippen LogP contribution is 2.24. The van der Waals surface area contributed by atoms with Crippen molar-refractivity contribution in [1.82, 2.24) is 4.98 Å². The highest BCUT2D eigenvalue weighted by molar-refractivity contribution is 9.10. The quantitative estimate of drug-likeness (QED) is 0.825. The van der Waals surface area contributed by atoms with Gasteiger partial charge in [0.25, 0.3) is 5.91 Å². The van der Waals surface area contributed by atoms with Crippen LogP contribution in [0.2, 0.25) is 5.02 Å². The van der Waals surface area contributed by atoms with E-state index in [2.05, 4.69) is 26.2 Å². The Labute approximate surface area is 129 Å². The number of ether oxygens (including phenoxy) is 1. The maximum absolute atomic E-state index is 11.8. The van der Waals surface area contributed by atoms with E-state index in [0.717, 1.165) is 0 Å². The zero-order chi connectivity index (χ0) is 14.5. The first kappa shape index (κ1) is 14.6. The summed E-state index contributed by atoms with van der Waals surface area (Å²) in [6, 6.07) is 6.69. The van der Waals surface area contributed by atoms with Gasteiger partial charge in [-0.25, -0.2) is 0 Å². The lowest BCUT2D eigenvalue weighted by Gasteiger charge is -2.09. The molecule has 1 aromatic carbocycles. The molecule has 0 aliphatic rings. The van der Waals surface area contributed by atoms with Gasteiger partial charge in [-0.1, -0.05) is 11.6 Å². The molecule has 0 saturated carbocycles. The summed E-state index contributed by atoms with van der Waals surface area (Å²) >= 11 is 9.08. The molecule has 0 aliphatic heterocycles. The molecule has 1 aromatic heterocycles. The Hall–Kier alpha value is -1.79. The van der Waals surface area contributed by atoms with E-state index in [4.69, 9.17) is 22.1 Å². The van der Waals surface area contributed by atoms with E-state index in [1.165, 1.54) is 12.4 Å². The molecular weight excluding hydrogens is 346 g/mol. The van der Waals surface area contributed by atoms with Gasteiger partial charge >= 0.3 is 0 Å². The van der Waals surface area contributed by atoms with Gasteiger partial charge in [0.2, 0.25) is 0 Å². The normalized spacial score (nSPS) is 10.1. The van der Waals surface area contributed by atoms with Gasteiger partial charge in [0, 0.05) is 22.4 Å². The third-order valence-corrected chi connectivity index (χ3v) is 3.18. The zero-order valence-electron chi connectivity index (χ0n) is 10.3. The highest BCUT2D eigenvalue weighted by Gasteiger charge is 2.07. The summed E-state index contributed by atoms with van der Waals surface area (Å²) < 4.78 is 5.99. The lowest BCUT2D eigenvalue weighted by atomic mass is 10.3. The van der Waals surface area contributed by atoms with Crippen molar-refractivity contribution in [3.63, 3.8) is 0 Å². The molecule has 3 N–H and O–H groups in total. The SMILES string of the molecule is Nc1ccc(NC(=O)COc2cncc(Cl)c2)c(Br)c1. The van der Waals surface area contributed by atoms with Crippen LogP contribution in [0.15, 0.2) is 41.1 Å². The van der Waals surface area contributed by atoms with Gasteiger partial charge in [-0.15, -0.1) is 0 Å². The molecule has 5 nitrogen and oxygen atoms in total. The summed E-state index contributed by atoms with van der Waals surface area (Å²) in [5.74, 6) is 0.138.